The average molecular weight is 339 g/mol. The van der Waals surface area contributed by atoms with Crippen LogP contribution in [0, 0.1) is 16.0 Å². The maximum atomic E-state index is 12.5. The van der Waals surface area contributed by atoms with Crippen molar-refractivity contribution in [2.75, 3.05) is 13.1 Å². The average Bonchev–Trinajstić information content (AvgIpc) is 2.70. The molecule has 0 radical (unpaired) electrons. The molecule has 0 atom stereocenters. The van der Waals surface area contributed by atoms with Crippen LogP contribution >= 0.6 is 22.9 Å². The quantitative estimate of drug-likeness (QED) is 0.589. The number of nitro groups is 1. The SMILES string of the molecule is CCN(CC1CCC1)S(=O)(=O)c1cc([N+](=O)[O-])c(Cl)s1. The fraction of sp³-hybridized carbons (Fsp3) is 0.636. The number of rotatable bonds is 6. The van der Waals surface area contributed by atoms with Gasteiger partial charge in [0.05, 0.1) is 4.92 Å². The Hall–Kier alpha value is -0.700. The highest BCUT2D eigenvalue weighted by Crippen LogP contribution is 2.38. The highest BCUT2D eigenvalue weighted by Gasteiger charge is 2.32. The summed E-state index contributed by atoms with van der Waals surface area (Å²) in [5.74, 6) is 0.398. The molecule has 0 amide bonds. The molecule has 0 bridgehead atoms. The van der Waals surface area contributed by atoms with Gasteiger partial charge in [0.25, 0.3) is 15.7 Å². The van der Waals surface area contributed by atoms with Crippen LogP contribution in [0.5, 0.6) is 0 Å². The Balaban J connectivity index is 2.27. The zero-order valence-electron chi connectivity index (χ0n) is 10.9. The van der Waals surface area contributed by atoms with Gasteiger partial charge < -0.3 is 0 Å². The van der Waals surface area contributed by atoms with Crippen molar-refractivity contribution in [3.8, 4) is 0 Å². The van der Waals surface area contributed by atoms with Crippen LogP contribution < -0.4 is 0 Å². The van der Waals surface area contributed by atoms with Gasteiger partial charge in [-0.2, -0.15) is 4.31 Å². The predicted octanol–water partition coefficient (Wildman–Crippen LogP) is 3.12. The van der Waals surface area contributed by atoms with E-state index in [9.17, 15) is 18.5 Å². The first kappa shape index (κ1) is 15.7. The van der Waals surface area contributed by atoms with Crippen molar-refractivity contribution in [3.05, 3.63) is 20.5 Å². The van der Waals surface area contributed by atoms with Crippen molar-refractivity contribution in [3.63, 3.8) is 0 Å². The van der Waals surface area contributed by atoms with Gasteiger partial charge in [0.1, 0.15) is 4.21 Å². The Morgan fingerprint density at radius 1 is 1.55 bits per heavy atom. The molecule has 1 fully saturated rings. The van der Waals surface area contributed by atoms with Crippen molar-refractivity contribution in [2.45, 2.75) is 30.4 Å². The highest BCUT2D eigenvalue weighted by atomic mass is 35.5. The molecule has 1 aliphatic rings. The first-order valence-electron chi connectivity index (χ1n) is 6.30. The van der Waals surface area contributed by atoms with Crippen LogP contribution in [0.1, 0.15) is 26.2 Å². The number of hydrogen-bond acceptors (Lipinski definition) is 5. The zero-order valence-corrected chi connectivity index (χ0v) is 13.3. The fourth-order valence-corrected chi connectivity index (χ4v) is 5.42. The first-order valence-corrected chi connectivity index (χ1v) is 8.93. The molecule has 0 aliphatic heterocycles. The molecule has 0 spiro atoms. The number of hydrogen-bond donors (Lipinski definition) is 0. The molecule has 112 valence electrons. The smallest absolute Gasteiger partial charge is 0.258 e. The maximum Gasteiger partial charge on any atom is 0.300 e. The number of halogens is 1. The van der Waals surface area contributed by atoms with E-state index >= 15 is 0 Å². The Morgan fingerprint density at radius 2 is 2.20 bits per heavy atom. The minimum absolute atomic E-state index is 0.0598. The van der Waals surface area contributed by atoms with E-state index in [-0.39, 0.29) is 14.2 Å². The molecule has 1 aromatic heterocycles. The van der Waals surface area contributed by atoms with Crippen LogP contribution in [0.2, 0.25) is 4.34 Å². The van der Waals surface area contributed by atoms with E-state index in [0.29, 0.717) is 19.0 Å². The van der Waals surface area contributed by atoms with Crippen LogP contribution in [-0.4, -0.2) is 30.7 Å². The van der Waals surface area contributed by atoms with E-state index in [1.54, 1.807) is 6.92 Å². The lowest BCUT2D eigenvalue weighted by Gasteiger charge is -2.30. The van der Waals surface area contributed by atoms with E-state index in [0.717, 1.165) is 36.7 Å². The largest absolute Gasteiger partial charge is 0.300 e. The van der Waals surface area contributed by atoms with Crippen LogP contribution in [0.3, 0.4) is 0 Å². The van der Waals surface area contributed by atoms with Crippen molar-refractivity contribution in [1.82, 2.24) is 4.31 Å². The summed E-state index contributed by atoms with van der Waals surface area (Å²) < 4.78 is 26.2. The Morgan fingerprint density at radius 3 is 2.60 bits per heavy atom. The highest BCUT2D eigenvalue weighted by molar-refractivity contribution is 7.91. The molecule has 20 heavy (non-hydrogen) atoms. The first-order chi connectivity index (χ1) is 9.36. The van der Waals surface area contributed by atoms with E-state index in [4.69, 9.17) is 11.6 Å². The third kappa shape index (κ3) is 2.98. The second kappa shape index (κ2) is 5.97. The topological polar surface area (TPSA) is 80.5 Å². The molecule has 6 nitrogen and oxygen atoms in total. The Labute approximate surface area is 126 Å². The van der Waals surface area contributed by atoms with Crippen LogP contribution in [0.4, 0.5) is 5.69 Å². The molecule has 1 heterocycles. The molecule has 0 unspecified atom stereocenters. The minimum Gasteiger partial charge on any atom is -0.258 e. The molecule has 0 aromatic carbocycles. The molecule has 1 saturated carbocycles. The summed E-state index contributed by atoms with van der Waals surface area (Å²) >= 11 is 6.47. The summed E-state index contributed by atoms with van der Waals surface area (Å²) in [7, 11) is -3.69. The summed E-state index contributed by atoms with van der Waals surface area (Å²) in [5, 5.41) is 10.8. The van der Waals surface area contributed by atoms with Crippen LogP contribution in [0.25, 0.3) is 0 Å². The molecular weight excluding hydrogens is 324 g/mol. The van der Waals surface area contributed by atoms with Gasteiger partial charge in [-0.15, -0.1) is 11.3 Å². The second-order valence-corrected chi connectivity index (χ2v) is 8.55. The van der Waals surface area contributed by atoms with Crippen molar-refractivity contribution in [1.29, 1.82) is 0 Å². The van der Waals surface area contributed by atoms with Gasteiger partial charge in [-0.25, -0.2) is 8.42 Å². The minimum atomic E-state index is -3.69. The lowest BCUT2D eigenvalue weighted by Crippen LogP contribution is -2.36. The monoisotopic (exact) mass is 338 g/mol. The number of nitrogens with zero attached hydrogens (tertiary/aromatic N) is 2. The molecule has 9 heteroatoms. The maximum absolute atomic E-state index is 12.5. The summed E-state index contributed by atoms with van der Waals surface area (Å²) in [5.41, 5.74) is -0.352. The zero-order chi connectivity index (χ0) is 14.9. The third-order valence-corrected chi connectivity index (χ3v) is 7.20. The predicted molar refractivity (Wildman–Crippen MR) is 77.8 cm³/mol. The Bertz CT molecular complexity index is 610. The van der Waals surface area contributed by atoms with Gasteiger partial charge in [0, 0.05) is 19.2 Å². The molecular formula is C11H15ClN2O4S2. The second-order valence-electron chi connectivity index (χ2n) is 4.73. The summed E-state index contributed by atoms with van der Waals surface area (Å²) in [4.78, 5) is 10.1. The van der Waals surface area contributed by atoms with E-state index in [1.165, 1.54) is 4.31 Å². The standard InChI is InChI=1S/C11H15ClN2O4S2/c1-2-13(7-8-4-3-5-8)20(17,18)10-6-9(14(15)16)11(12)19-10/h6,8H,2-5,7H2,1H3. The van der Waals surface area contributed by atoms with Gasteiger partial charge in [-0.3, -0.25) is 10.1 Å². The molecule has 0 saturated heterocycles. The van der Waals surface area contributed by atoms with Gasteiger partial charge in [-0.1, -0.05) is 24.9 Å². The van der Waals surface area contributed by atoms with Gasteiger partial charge >= 0.3 is 0 Å². The fourth-order valence-electron chi connectivity index (χ4n) is 2.08. The van der Waals surface area contributed by atoms with Crippen molar-refractivity contribution in [2.24, 2.45) is 5.92 Å². The normalized spacial score (nSPS) is 16.4. The van der Waals surface area contributed by atoms with E-state index in [1.807, 2.05) is 0 Å². The molecule has 1 aliphatic carbocycles. The van der Waals surface area contributed by atoms with E-state index in [2.05, 4.69) is 0 Å². The summed E-state index contributed by atoms with van der Waals surface area (Å²) in [6.07, 6.45) is 3.22. The van der Waals surface area contributed by atoms with Gasteiger partial charge in [0.15, 0.2) is 4.34 Å². The number of thiophene rings is 1. The lowest BCUT2D eigenvalue weighted by molar-refractivity contribution is -0.384. The van der Waals surface area contributed by atoms with Crippen LogP contribution in [0.15, 0.2) is 10.3 Å². The molecule has 0 N–H and O–H groups in total. The lowest BCUT2D eigenvalue weighted by atomic mass is 9.85. The third-order valence-electron chi connectivity index (χ3n) is 3.48. The number of sulfonamides is 1. The van der Waals surface area contributed by atoms with Crippen molar-refractivity contribution < 1.29 is 13.3 Å². The van der Waals surface area contributed by atoms with Gasteiger partial charge in [0.2, 0.25) is 0 Å². The van der Waals surface area contributed by atoms with Crippen LogP contribution in [-0.2, 0) is 10.0 Å². The van der Waals surface area contributed by atoms with E-state index < -0.39 is 14.9 Å². The molecule has 2 rings (SSSR count). The summed E-state index contributed by atoms with van der Waals surface area (Å²) in [6.45, 7) is 2.59. The van der Waals surface area contributed by atoms with Crippen molar-refractivity contribution >= 4 is 38.6 Å². The van der Waals surface area contributed by atoms with Gasteiger partial charge in [-0.05, 0) is 18.8 Å². The summed E-state index contributed by atoms with van der Waals surface area (Å²) in [6, 6.07) is 1.05. The molecule has 1 aromatic rings. The Kier molecular flexibility index (Phi) is 4.68.